The molecule has 43 heavy (non-hydrogen) atoms. The van der Waals surface area contributed by atoms with E-state index < -0.39 is 88.2 Å². The van der Waals surface area contributed by atoms with Gasteiger partial charge in [-0.15, -0.1) is 0 Å². The van der Waals surface area contributed by atoms with E-state index in [-0.39, 0.29) is 6.42 Å². The van der Waals surface area contributed by atoms with Crippen molar-refractivity contribution in [2.24, 2.45) is 23.7 Å². The lowest BCUT2D eigenvalue weighted by atomic mass is 9.52. The van der Waals surface area contributed by atoms with Gasteiger partial charge in [0.2, 0.25) is 0 Å². The number of hydrogen-bond acceptors (Lipinski definition) is 9. The Kier molecular flexibility index (Phi) is 5.40. The molecule has 0 aromatic heterocycles. The van der Waals surface area contributed by atoms with Crippen LogP contribution in [0.25, 0.3) is 0 Å². The van der Waals surface area contributed by atoms with Crippen LogP contribution in [0.2, 0.25) is 0 Å². The fraction of sp³-hybridized carbons (Fsp3) is 0.529. The highest BCUT2D eigenvalue weighted by atomic mass is 16.9. The number of aliphatic hydroxyl groups is 2. The van der Waals surface area contributed by atoms with E-state index in [1.807, 2.05) is 50.2 Å². The molecule has 3 saturated heterocycles. The molecule has 0 unspecified atom stereocenters. The summed E-state index contributed by atoms with van der Waals surface area (Å²) in [5.74, 6) is -5.44. The average Bonchev–Trinajstić information content (AvgIpc) is 3.55. The predicted octanol–water partition coefficient (Wildman–Crippen LogP) is 3.28. The van der Waals surface area contributed by atoms with Crippen molar-refractivity contribution in [3.8, 4) is 0 Å². The number of fused-ring (bicyclic) bond motifs is 3. The fourth-order valence-electron chi connectivity index (χ4n) is 9.46. The summed E-state index contributed by atoms with van der Waals surface area (Å²) in [5, 5.41) is 24.2. The van der Waals surface area contributed by atoms with Crippen LogP contribution in [0.3, 0.4) is 0 Å². The van der Waals surface area contributed by atoms with Crippen molar-refractivity contribution < 1.29 is 43.5 Å². The molecule has 3 aliphatic heterocycles. The molecule has 3 bridgehead atoms. The second kappa shape index (κ2) is 8.41. The van der Waals surface area contributed by atoms with Crippen LogP contribution in [0.4, 0.5) is 0 Å². The molecule has 6 aliphatic rings. The van der Waals surface area contributed by atoms with Crippen LogP contribution < -0.4 is 0 Å². The third-order valence-electron chi connectivity index (χ3n) is 11.5. The monoisotopic (exact) mass is 588 g/mol. The Balaban J connectivity index is 1.39. The third kappa shape index (κ3) is 3.03. The predicted molar refractivity (Wildman–Crippen MR) is 150 cm³/mol. The number of aliphatic hydroxyl groups excluding tert-OH is 1. The molecule has 226 valence electrons. The van der Waals surface area contributed by atoms with E-state index in [2.05, 4.69) is 6.58 Å². The molecule has 2 aromatic rings. The van der Waals surface area contributed by atoms with E-state index in [0.29, 0.717) is 16.7 Å². The van der Waals surface area contributed by atoms with Crippen molar-refractivity contribution in [3.05, 3.63) is 83.9 Å². The zero-order valence-corrected chi connectivity index (χ0v) is 24.6. The van der Waals surface area contributed by atoms with Crippen molar-refractivity contribution in [3.63, 3.8) is 0 Å². The number of carbonyl (C=O) groups is 2. The van der Waals surface area contributed by atoms with Gasteiger partial charge in [0, 0.05) is 29.2 Å². The van der Waals surface area contributed by atoms with E-state index in [1.165, 1.54) is 0 Å². The van der Waals surface area contributed by atoms with Crippen LogP contribution >= 0.6 is 0 Å². The van der Waals surface area contributed by atoms with Crippen molar-refractivity contribution >= 4 is 11.8 Å². The summed E-state index contributed by atoms with van der Waals surface area (Å²) in [7, 11) is 0. The zero-order chi connectivity index (χ0) is 30.3. The molecular weight excluding hydrogens is 552 g/mol. The van der Waals surface area contributed by atoms with Gasteiger partial charge in [-0.25, -0.2) is 4.79 Å². The minimum Gasteiger partial charge on any atom is -0.455 e. The van der Waals surface area contributed by atoms with Gasteiger partial charge in [-0.3, -0.25) is 4.79 Å². The molecule has 9 nitrogen and oxygen atoms in total. The highest BCUT2D eigenvalue weighted by molar-refractivity contribution is 5.93. The van der Waals surface area contributed by atoms with Gasteiger partial charge in [0.25, 0.3) is 0 Å². The molecule has 3 heterocycles. The van der Waals surface area contributed by atoms with Crippen molar-refractivity contribution in [2.75, 3.05) is 0 Å². The number of hydrogen-bond donors (Lipinski definition) is 2. The second-order valence-corrected chi connectivity index (χ2v) is 13.6. The van der Waals surface area contributed by atoms with E-state index in [0.717, 1.165) is 0 Å². The Bertz CT molecular complexity index is 1550. The lowest BCUT2D eigenvalue weighted by Gasteiger charge is -2.61. The summed E-state index contributed by atoms with van der Waals surface area (Å²) in [6.07, 6.45) is -3.67. The van der Waals surface area contributed by atoms with Gasteiger partial charge in [-0.2, -0.15) is 0 Å². The number of carbonyl (C=O) groups excluding carboxylic acids is 2. The second-order valence-electron chi connectivity index (χ2n) is 13.6. The molecule has 6 fully saturated rings. The Labute approximate surface area is 249 Å². The van der Waals surface area contributed by atoms with E-state index in [1.54, 1.807) is 38.1 Å². The lowest BCUT2D eigenvalue weighted by molar-refractivity contribution is -0.443. The standard InChI is InChI=1S/C34H36O9/c1-17(2)32-25(39-28(36)20-12-8-6-9-13-20)19(4)33-22-16-18(3)24(35)31(22,38)29(37)30(5)26(40-30)23(33)27(32)41-34(42-32,43-33)21-14-10-7-11-15-21/h6-15,18-19,22-23,25-27,29,37-38H,1,16H2,2-5H3/t18-,19+,22+,23-,25-,26-,27+,29+,30-,31+,32-,33-,34+/m0/s1. The van der Waals surface area contributed by atoms with Gasteiger partial charge >= 0.3 is 11.9 Å². The fourth-order valence-corrected chi connectivity index (χ4v) is 9.46. The summed E-state index contributed by atoms with van der Waals surface area (Å²) in [5.41, 5.74) is -4.63. The molecular formula is C34H36O9. The minimum absolute atomic E-state index is 0.257. The SMILES string of the molecule is C=C(C)[C@@]12O[C@@]3(c4ccccc4)O[C@@H]1[C@@H]1[C@@H]4O[C@]4(C)[C@@H](O)[C@]4(O)C(=O)[C@@H](C)C[C@H]4[C@@]1(O3)[C@H](C)[C@@H]2OC(=O)c1ccccc1. The van der Waals surface area contributed by atoms with Gasteiger partial charge in [0.15, 0.2) is 17.0 Å². The summed E-state index contributed by atoms with van der Waals surface area (Å²) >= 11 is 0. The van der Waals surface area contributed by atoms with E-state index >= 15 is 0 Å². The van der Waals surface area contributed by atoms with Crippen LogP contribution in [0.1, 0.15) is 50.0 Å². The van der Waals surface area contributed by atoms with E-state index in [4.69, 9.17) is 23.7 Å². The lowest BCUT2D eigenvalue weighted by Crippen LogP contribution is -2.76. The number of ether oxygens (including phenoxy) is 5. The average molecular weight is 589 g/mol. The molecule has 3 saturated carbocycles. The molecule has 9 heteroatoms. The molecule has 8 rings (SSSR count). The zero-order valence-electron chi connectivity index (χ0n) is 24.6. The van der Waals surface area contributed by atoms with Crippen LogP contribution in [0.5, 0.6) is 0 Å². The molecule has 0 radical (unpaired) electrons. The van der Waals surface area contributed by atoms with Gasteiger partial charge in [0.1, 0.15) is 23.9 Å². The molecule has 2 aromatic carbocycles. The van der Waals surface area contributed by atoms with Gasteiger partial charge in [-0.05, 0) is 38.0 Å². The Hall–Kier alpha value is -2.92. The van der Waals surface area contributed by atoms with Crippen LogP contribution in [-0.4, -0.2) is 68.8 Å². The first-order chi connectivity index (χ1) is 20.4. The maximum Gasteiger partial charge on any atom is 0.338 e. The van der Waals surface area contributed by atoms with Gasteiger partial charge in [0.05, 0.1) is 17.3 Å². The molecule has 0 amide bonds. The number of Topliss-reactive ketones (excluding diaryl/α,β-unsaturated/α-hetero) is 1. The summed E-state index contributed by atoms with van der Waals surface area (Å²) in [4.78, 5) is 27.6. The first kappa shape index (κ1) is 27.6. The topological polar surface area (TPSA) is 124 Å². The maximum absolute atomic E-state index is 13.8. The van der Waals surface area contributed by atoms with Crippen molar-refractivity contribution in [2.45, 2.75) is 86.9 Å². The van der Waals surface area contributed by atoms with Crippen LogP contribution in [-0.2, 0) is 34.5 Å². The number of benzene rings is 2. The third-order valence-corrected chi connectivity index (χ3v) is 11.5. The quantitative estimate of drug-likeness (QED) is 0.315. The van der Waals surface area contributed by atoms with Crippen molar-refractivity contribution in [1.82, 2.24) is 0 Å². The summed E-state index contributed by atoms with van der Waals surface area (Å²) in [6, 6.07) is 17.9. The van der Waals surface area contributed by atoms with Crippen LogP contribution in [0.15, 0.2) is 72.8 Å². The normalized spacial score (nSPS) is 50.3. The summed E-state index contributed by atoms with van der Waals surface area (Å²) in [6.45, 7) is 11.6. The summed E-state index contributed by atoms with van der Waals surface area (Å²) < 4.78 is 33.7. The minimum atomic E-state index is -2.17. The highest BCUT2D eigenvalue weighted by Gasteiger charge is 2.90. The highest BCUT2D eigenvalue weighted by Crippen LogP contribution is 2.74. The van der Waals surface area contributed by atoms with Crippen molar-refractivity contribution in [1.29, 1.82) is 0 Å². The first-order valence-corrected chi connectivity index (χ1v) is 15.1. The molecule has 0 spiro atoms. The Morgan fingerprint density at radius 1 is 1.00 bits per heavy atom. The van der Waals surface area contributed by atoms with Gasteiger partial charge in [-0.1, -0.05) is 69.0 Å². The Morgan fingerprint density at radius 3 is 2.30 bits per heavy atom. The molecule has 13 atom stereocenters. The van der Waals surface area contributed by atoms with Gasteiger partial charge < -0.3 is 33.9 Å². The molecule has 2 N–H and O–H groups in total. The number of ketones is 1. The first-order valence-electron chi connectivity index (χ1n) is 15.1. The smallest absolute Gasteiger partial charge is 0.338 e. The van der Waals surface area contributed by atoms with E-state index in [9.17, 15) is 19.8 Å². The largest absolute Gasteiger partial charge is 0.455 e. The maximum atomic E-state index is 13.8. The number of rotatable bonds is 4. The van der Waals surface area contributed by atoms with Crippen LogP contribution in [0, 0.1) is 23.7 Å². The molecule has 3 aliphatic carbocycles. The number of esters is 1. The number of epoxide rings is 1. The Morgan fingerprint density at radius 2 is 1.65 bits per heavy atom.